The van der Waals surface area contributed by atoms with Gasteiger partial charge in [-0.25, -0.2) is 0 Å². The van der Waals surface area contributed by atoms with Crippen molar-refractivity contribution < 1.29 is 9.53 Å². The number of benzene rings is 1. The maximum atomic E-state index is 13.3. The first-order chi connectivity index (χ1) is 13.6. The number of carbonyl (C=O) groups is 1. The third-order valence-corrected chi connectivity index (χ3v) is 5.68. The Morgan fingerprint density at radius 1 is 1.28 bits per heavy atom. The minimum absolute atomic E-state index is 0. The summed E-state index contributed by atoms with van der Waals surface area (Å²) in [6, 6.07) is 9.63. The van der Waals surface area contributed by atoms with Crippen molar-refractivity contribution in [1.29, 1.82) is 0 Å². The maximum absolute atomic E-state index is 13.3. The van der Waals surface area contributed by atoms with Gasteiger partial charge in [-0.05, 0) is 56.5 Å². The highest BCUT2D eigenvalue weighted by atomic mass is 35.5. The molecule has 0 bridgehead atoms. The number of ether oxygens (including phenoxy) is 1. The lowest BCUT2D eigenvalue weighted by Gasteiger charge is -2.24. The van der Waals surface area contributed by atoms with E-state index in [1.54, 1.807) is 9.47 Å². The zero-order valence-corrected chi connectivity index (χ0v) is 17.5. The number of para-hydroxylation sites is 1. The SMILES string of the molecule is Cc1ccn(CC2CCCNC2)c(=O)c1C(=O)N1CCOc2ccccc2C1.Cl. The molecule has 0 aliphatic carbocycles. The molecule has 3 heterocycles. The highest BCUT2D eigenvalue weighted by Crippen LogP contribution is 2.23. The van der Waals surface area contributed by atoms with Gasteiger partial charge in [0.1, 0.15) is 17.9 Å². The third-order valence-electron chi connectivity index (χ3n) is 5.68. The number of hydrogen-bond donors (Lipinski definition) is 1. The van der Waals surface area contributed by atoms with Gasteiger partial charge in [-0.15, -0.1) is 12.4 Å². The molecule has 2 aliphatic heterocycles. The van der Waals surface area contributed by atoms with Gasteiger partial charge in [0.25, 0.3) is 11.5 Å². The summed E-state index contributed by atoms with van der Waals surface area (Å²) in [5.41, 5.74) is 1.79. The van der Waals surface area contributed by atoms with Gasteiger partial charge >= 0.3 is 0 Å². The molecule has 1 atom stereocenters. The largest absolute Gasteiger partial charge is 0.491 e. The molecule has 1 fully saturated rings. The molecule has 0 spiro atoms. The minimum atomic E-state index is -0.209. The molecular formula is C22H28ClN3O3. The van der Waals surface area contributed by atoms with Crippen molar-refractivity contribution in [1.82, 2.24) is 14.8 Å². The number of pyridine rings is 1. The zero-order chi connectivity index (χ0) is 19.5. The van der Waals surface area contributed by atoms with Crippen LogP contribution in [0.4, 0.5) is 0 Å². The Labute approximate surface area is 177 Å². The van der Waals surface area contributed by atoms with Crippen molar-refractivity contribution in [2.24, 2.45) is 5.92 Å². The molecule has 1 amide bonds. The zero-order valence-electron chi connectivity index (χ0n) is 16.7. The molecule has 2 aromatic rings. The summed E-state index contributed by atoms with van der Waals surface area (Å²) >= 11 is 0. The molecule has 1 N–H and O–H groups in total. The number of fused-ring (bicyclic) bond motifs is 1. The molecule has 0 radical (unpaired) electrons. The van der Waals surface area contributed by atoms with Crippen LogP contribution < -0.4 is 15.6 Å². The average Bonchev–Trinajstić information content (AvgIpc) is 2.93. The number of nitrogens with one attached hydrogen (secondary N) is 1. The molecule has 6 nitrogen and oxygen atoms in total. The Balaban J connectivity index is 0.00000240. The number of rotatable bonds is 3. The van der Waals surface area contributed by atoms with E-state index in [1.807, 2.05) is 43.5 Å². The van der Waals surface area contributed by atoms with Gasteiger partial charge in [0.15, 0.2) is 0 Å². The first-order valence-corrected chi connectivity index (χ1v) is 10.0. The standard InChI is InChI=1S/C22H27N3O3.ClH/c1-16-8-10-24(14-17-5-4-9-23-13-17)21(26)20(16)22(27)25-11-12-28-19-7-3-2-6-18(19)15-25;/h2-3,6-8,10,17,23H,4-5,9,11-15H2,1H3;1H. The van der Waals surface area contributed by atoms with Gasteiger partial charge in [0, 0.05) is 24.8 Å². The van der Waals surface area contributed by atoms with Crippen molar-refractivity contribution in [2.45, 2.75) is 32.9 Å². The Morgan fingerprint density at radius 3 is 2.90 bits per heavy atom. The summed E-state index contributed by atoms with van der Waals surface area (Å²) in [6.45, 7) is 5.80. The molecule has 0 saturated carbocycles. The highest BCUT2D eigenvalue weighted by Gasteiger charge is 2.25. The first kappa shape index (κ1) is 21.4. The van der Waals surface area contributed by atoms with Crippen LogP contribution >= 0.6 is 12.4 Å². The normalized spacial score (nSPS) is 18.8. The van der Waals surface area contributed by atoms with E-state index in [0.717, 1.165) is 42.8 Å². The number of nitrogens with zero attached hydrogens (tertiary/aromatic N) is 2. The molecule has 4 rings (SSSR count). The van der Waals surface area contributed by atoms with Crippen LogP contribution in [0.15, 0.2) is 41.3 Å². The van der Waals surface area contributed by atoms with Crippen molar-refractivity contribution in [2.75, 3.05) is 26.2 Å². The van der Waals surface area contributed by atoms with Crippen LogP contribution in [0.3, 0.4) is 0 Å². The number of amides is 1. The molecule has 2 aliphatic rings. The van der Waals surface area contributed by atoms with Gasteiger partial charge in [-0.3, -0.25) is 9.59 Å². The van der Waals surface area contributed by atoms with Crippen molar-refractivity contribution in [3.63, 3.8) is 0 Å². The van der Waals surface area contributed by atoms with E-state index in [9.17, 15) is 9.59 Å². The van der Waals surface area contributed by atoms with Crippen LogP contribution in [0.1, 0.15) is 34.3 Å². The van der Waals surface area contributed by atoms with Gasteiger partial charge < -0.3 is 19.5 Å². The number of piperidine rings is 1. The number of carbonyl (C=O) groups excluding carboxylic acids is 1. The van der Waals surface area contributed by atoms with Gasteiger partial charge in [-0.1, -0.05) is 18.2 Å². The fourth-order valence-corrected chi connectivity index (χ4v) is 4.08. The molecule has 7 heteroatoms. The van der Waals surface area contributed by atoms with Crippen LogP contribution in [0.5, 0.6) is 5.75 Å². The predicted molar refractivity (Wildman–Crippen MR) is 115 cm³/mol. The van der Waals surface area contributed by atoms with Crippen molar-refractivity contribution in [3.05, 3.63) is 63.6 Å². The van der Waals surface area contributed by atoms with Crippen LogP contribution in [0, 0.1) is 12.8 Å². The van der Waals surface area contributed by atoms with Gasteiger partial charge in [-0.2, -0.15) is 0 Å². The molecule has 156 valence electrons. The van der Waals surface area contributed by atoms with Crippen molar-refractivity contribution >= 4 is 18.3 Å². The summed E-state index contributed by atoms with van der Waals surface area (Å²) in [7, 11) is 0. The lowest BCUT2D eigenvalue weighted by Crippen LogP contribution is -2.40. The van der Waals surface area contributed by atoms with E-state index in [2.05, 4.69) is 5.32 Å². The number of aryl methyl sites for hydroxylation is 1. The summed E-state index contributed by atoms with van der Waals surface area (Å²) in [5, 5.41) is 3.39. The molecule has 1 saturated heterocycles. The first-order valence-electron chi connectivity index (χ1n) is 10.0. The second-order valence-corrected chi connectivity index (χ2v) is 7.73. The number of aromatic nitrogens is 1. The van der Waals surface area contributed by atoms with Crippen LogP contribution in [-0.4, -0.2) is 41.6 Å². The summed E-state index contributed by atoms with van der Waals surface area (Å²) in [5.74, 6) is 1.03. The maximum Gasteiger partial charge on any atom is 0.263 e. The molecule has 1 unspecified atom stereocenters. The molecule has 29 heavy (non-hydrogen) atoms. The predicted octanol–water partition coefficient (Wildman–Crippen LogP) is 2.61. The summed E-state index contributed by atoms with van der Waals surface area (Å²) in [6.07, 6.45) is 4.06. The quantitative estimate of drug-likeness (QED) is 0.833. The van der Waals surface area contributed by atoms with Gasteiger partial charge in [0.2, 0.25) is 0 Å². The number of halogens is 1. The summed E-state index contributed by atoms with van der Waals surface area (Å²) < 4.78 is 7.47. The Morgan fingerprint density at radius 2 is 2.10 bits per heavy atom. The van der Waals surface area contributed by atoms with Crippen LogP contribution in [0.25, 0.3) is 0 Å². The van der Waals surface area contributed by atoms with E-state index < -0.39 is 0 Å². The highest BCUT2D eigenvalue weighted by molar-refractivity contribution is 5.95. The Bertz CT molecular complexity index is 922. The Kier molecular flexibility index (Phi) is 6.98. The minimum Gasteiger partial charge on any atom is -0.491 e. The van der Waals surface area contributed by atoms with Crippen LogP contribution in [0.2, 0.25) is 0 Å². The van der Waals surface area contributed by atoms with E-state index in [-0.39, 0.29) is 29.4 Å². The fourth-order valence-electron chi connectivity index (χ4n) is 4.08. The van der Waals surface area contributed by atoms with E-state index in [1.165, 1.54) is 0 Å². The molecular weight excluding hydrogens is 390 g/mol. The fraction of sp³-hybridized carbons (Fsp3) is 0.455. The second kappa shape index (κ2) is 9.46. The molecule has 1 aromatic heterocycles. The van der Waals surface area contributed by atoms with E-state index >= 15 is 0 Å². The second-order valence-electron chi connectivity index (χ2n) is 7.73. The third kappa shape index (κ3) is 4.65. The lowest BCUT2D eigenvalue weighted by molar-refractivity contribution is 0.0729. The van der Waals surface area contributed by atoms with Crippen molar-refractivity contribution in [3.8, 4) is 5.75 Å². The molecule has 1 aromatic carbocycles. The van der Waals surface area contributed by atoms with E-state index in [4.69, 9.17) is 4.74 Å². The Hall–Kier alpha value is -2.31. The van der Waals surface area contributed by atoms with E-state index in [0.29, 0.717) is 32.2 Å². The van der Waals surface area contributed by atoms with Gasteiger partial charge in [0.05, 0.1) is 6.54 Å². The summed E-state index contributed by atoms with van der Waals surface area (Å²) in [4.78, 5) is 28.2. The van der Waals surface area contributed by atoms with Crippen LogP contribution in [-0.2, 0) is 13.1 Å². The average molecular weight is 418 g/mol. The lowest BCUT2D eigenvalue weighted by atomic mass is 9.99. The topological polar surface area (TPSA) is 63.6 Å². The number of hydrogen-bond acceptors (Lipinski definition) is 4. The monoisotopic (exact) mass is 417 g/mol. The smallest absolute Gasteiger partial charge is 0.263 e.